The minimum absolute atomic E-state index is 0.126. The summed E-state index contributed by atoms with van der Waals surface area (Å²) in [4.78, 5) is 18.3. The van der Waals surface area contributed by atoms with Crippen LogP contribution in [0.15, 0.2) is 36.4 Å². The van der Waals surface area contributed by atoms with Crippen molar-refractivity contribution in [1.82, 2.24) is 14.1 Å². The summed E-state index contributed by atoms with van der Waals surface area (Å²) in [5.41, 5.74) is 4.06. The monoisotopic (exact) mass is 454 g/mol. The second-order valence-electron chi connectivity index (χ2n) is 8.11. The Balaban J connectivity index is 1.75. The molecule has 0 fully saturated rings. The number of para-hydroxylation sites is 1. The Kier molecular flexibility index (Phi) is 5.49. The van der Waals surface area contributed by atoms with E-state index in [4.69, 9.17) is 9.72 Å². The van der Waals surface area contributed by atoms with E-state index in [1.807, 2.05) is 24.3 Å². The van der Waals surface area contributed by atoms with Crippen LogP contribution in [0.3, 0.4) is 0 Å². The number of rotatable bonds is 8. The van der Waals surface area contributed by atoms with E-state index in [0.717, 1.165) is 35.4 Å². The number of aldehydes is 1. The van der Waals surface area contributed by atoms with Gasteiger partial charge < -0.3 is 23.9 Å². The lowest BCUT2D eigenvalue weighted by atomic mass is 10.1. The van der Waals surface area contributed by atoms with Gasteiger partial charge in [-0.15, -0.1) is 0 Å². The summed E-state index contributed by atoms with van der Waals surface area (Å²) in [6, 6.07) is 11.1. The molecule has 9 heteroatoms. The van der Waals surface area contributed by atoms with Gasteiger partial charge in [0.05, 0.1) is 36.1 Å². The molecule has 1 N–H and O–H groups in total. The van der Waals surface area contributed by atoms with Crippen molar-refractivity contribution >= 4 is 33.9 Å². The van der Waals surface area contributed by atoms with Crippen LogP contribution in [0.25, 0.3) is 33.5 Å². The van der Waals surface area contributed by atoms with Gasteiger partial charge in [-0.25, -0.2) is 13.8 Å². The predicted octanol–water partition coefficient (Wildman–Crippen LogP) is 3.95. The van der Waals surface area contributed by atoms with Crippen molar-refractivity contribution in [1.29, 1.82) is 0 Å². The van der Waals surface area contributed by atoms with Crippen LogP contribution in [0.2, 0.25) is 0 Å². The highest BCUT2D eigenvalue weighted by molar-refractivity contribution is 5.98. The van der Waals surface area contributed by atoms with E-state index >= 15 is 0 Å². The Bertz CT molecular complexity index is 1340. The highest BCUT2D eigenvalue weighted by Gasteiger charge is 2.26. The van der Waals surface area contributed by atoms with Crippen LogP contribution < -0.4 is 9.64 Å². The highest BCUT2D eigenvalue weighted by atomic mass is 19.3. The number of halogens is 2. The minimum atomic E-state index is -2.59. The van der Waals surface area contributed by atoms with Crippen molar-refractivity contribution in [2.75, 3.05) is 31.7 Å². The maximum Gasteiger partial charge on any atom is 0.256 e. The predicted molar refractivity (Wildman–Crippen MR) is 123 cm³/mol. The van der Waals surface area contributed by atoms with Crippen molar-refractivity contribution < 1.29 is 23.4 Å². The second-order valence-corrected chi connectivity index (χ2v) is 8.11. The molecular weight excluding hydrogens is 430 g/mol. The van der Waals surface area contributed by atoms with Gasteiger partial charge in [0.25, 0.3) is 6.43 Å². The average molecular weight is 454 g/mol. The smallest absolute Gasteiger partial charge is 0.256 e. The third-order valence-electron chi connectivity index (χ3n) is 6.15. The Hall–Kier alpha value is -3.46. The molecule has 4 aromatic rings. The molecule has 0 amide bonds. The van der Waals surface area contributed by atoms with E-state index in [9.17, 15) is 18.7 Å². The number of hydrogen-bond donors (Lipinski definition) is 1. The van der Waals surface area contributed by atoms with Gasteiger partial charge >= 0.3 is 0 Å². The van der Waals surface area contributed by atoms with Crippen molar-refractivity contribution in [3.63, 3.8) is 0 Å². The number of ether oxygens (including phenoxy) is 1. The number of nitrogens with zero attached hydrogens (tertiary/aromatic N) is 4. The summed E-state index contributed by atoms with van der Waals surface area (Å²) in [5.74, 6) is 0.747. The number of fused-ring (bicyclic) bond motifs is 1. The lowest BCUT2D eigenvalue weighted by Gasteiger charge is -2.31. The molecule has 0 spiro atoms. The van der Waals surface area contributed by atoms with E-state index in [-0.39, 0.29) is 6.61 Å². The van der Waals surface area contributed by atoms with Crippen LogP contribution in [-0.2, 0) is 13.1 Å². The normalized spacial score (nSPS) is 13.4. The number of aromatic nitrogens is 3. The van der Waals surface area contributed by atoms with Crippen molar-refractivity contribution in [2.24, 2.45) is 0 Å². The van der Waals surface area contributed by atoms with Crippen LogP contribution in [0, 0.1) is 0 Å². The molecule has 3 heterocycles. The van der Waals surface area contributed by atoms with Gasteiger partial charge in [0.2, 0.25) is 0 Å². The lowest BCUT2D eigenvalue weighted by molar-refractivity contribution is 0.112. The van der Waals surface area contributed by atoms with Crippen LogP contribution >= 0.6 is 0 Å². The first-order valence-electron chi connectivity index (χ1n) is 10.9. The molecule has 172 valence electrons. The van der Waals surface area contributed by atoms with Crippen molar-refractivity contribution in [3.05, 3.63) is 42.0 Å². The van der Waals surface area contributed by atoms with Gasteiger partial charge in [-0.1, -0.05) is 12.1 Å². The quantitative estimate of drug-likeness (QED) is 0.408. The first kappa shape index (κ1) is 21.4. The summed E-state index contributed by atoms with van der Waals surface area (Å²) in [6.07, 6.45) is -1.23. The van der Waals surface area contributed by atoms with E-state index < -0.39 is 13.0 Å². The van der Waals surface area contributed by atoms with Gasteiger partial charge in [-0.2, -0.15) is 0 Å². The number of aliphatic hydroxyl groups excluding tert-OH is 1. The summed E-state index contributed by atoms with van der Waals surface area (Å²) in [7, 11) is 1.45. The topological polar surface area (TPSA) is 72.5 Å². The van der Waals surface area contributed by atoms with Crippen LogP contribution in [0.1, 0.15) is 16.8 Å². The molecule has 7 nitrogen and oxygen atoms in total. The molecule has 0 aliphatic carbocycles. The van der Waals surface area contributed by atoms with E-state index in [0.29, 0.717) is 47.4 Å². The van der Waals surface area contributed by atoms with Gasteiger partial charge in [0.1, 0.15) is 17.6 Å². The molecule has 1 aliphatic heterocycles. The summed E-state index contributed by atoms with van der Waals surface area (Å²) in [5, 5.41) is 10.2. The largest absolute Gasteiger partial charge is 0.494 e. The SMILES string of the molecule is COc1cc(C=O)cc2nc(-c3cc4cccc5c4n3CCN5CCCO)n(CC(F)F)c12. The van der Waals surface area contributed by atoms with Crippen molar-refractivity contribution in [2.45, 2.75) is 25.9 Å². The first-order valence-corrected chi connectivity index (χ1v) is 10.9. The first-order chi connectivity index (χ1) is 16.0. The number of carbonyl (C=O) groups excluding carboxylic acids is 1. The highest BCUT2D eigenvalue weighted by Crippen LogP contribution is 2.39. The number of anilines is 1. The number of aliphatic hydroxyl groups is 1. The molecule has 1 aliphatic rings. The van der Waals surface area contributed by atoms with Gasteiger partial charge in [0, 0.05) is 37.2 Å². The Morgan fingerprint density at radius 1 is 1.21 bits per heavy atom. The standard InChI is InChI=1S/C24H24F2N4O3/c1-33-20-11-15(14-32)10-17-23(20)30(13-21(25)26)24(27-17)19-12-16-4-2-5-18-22(16)29(19)8-7-28(18)6-3-9-31/h2,4-5,10-12,14,21,31H,3,6-9,13H2,1H3. The molecule has 2 aromatic carbocycles. The fourth-order valence-electron chi connectivity index (χ4n) is 4.80. The van der Waals surface area contributed by atoms with Crippen LogP contribution in [0.4, 0.5) is 14.5 Å². The van der Waals surface area contributed by atoms with E-state index in [1.54, 1.807) is 12.1 Å². The number of carbonyl (C=O) groups is 1. The zero-order chi connectivity index (χ0) is 23.1. The number of alkyl halides is 2. The van der Waals surface area contributed by atoms with Crippen LogP contribution in [0.5, 0.6) is 5.75 Å². The summed E-state index contributed by atoms with van der Waals surface area (Å²) >= 11 is 0. The Morgan fingerprint density at radius 3 is 2.79 bits per heavy atom. The molecule has 0 saturated heterocycles. The molecule has 33 heavy (non-hydrogen) atoms. The fourth-order valence-corrected chi connectivity index (χ4v) is 4.80. The molecular formula is C24H24F2N4O3. The third-order valence-corrected chi connectivity index (χ3v) is 6.15. The third kappa shape index (κ3) is 3.52. The number of benzene rings is 2. The molecule has 0 radical (unpaired) electrons. The van der Waals surface area contributed by atoms with E-state index in [2.05, 4.69) is 9.47 Å². The van der Waals surface area contributed by atoms with Gasteiger partial charge in [0.15, 0.2) is 5.82 Å². The summed E-state index contributed by atoms with van der Waals surface area (Å²) in [6.45, 7) is 1.73. The molecule has 0 unspecified atom stereocenters. The number of imidazole rings is 1. The van der Waals surface area contributed by atoms with Gasteiger partial charge in [-0.3, -0.25) is 4.79 Å². The molecule has 2 aromatic heterocycles. The summed E-state index contributed by atoms with van der Waals surface area (Å²) < 4.78 is 36.4. The fraction of sp³-hybridized carbons (Fsp3) is 0.333. The number of hydrogen-bond acceptors (Lipinski definition) is 5. The average Bonchev–Trinajstić information content (AvgIpc) is 3.37. The van der Waals surface area contributed by atoms with Gasteiger partial charge in [-0.05, 0) is 30.7 Å². The molecule has 0 atom stereocenters. The minimum Gasteiger partial charge on any atom is -0.494 e. The van der Waals surface area contributed by atoms with Crippen LogP contribution in [-0.4, -0.2) is 58.7 Å². The zero-order valence-electron chi connectivity index (χ0n) is 18.2. The molecule has 0 saturated carbocycles. The number of methoxy groups -OCH3 is 1. The van der Waals surface area contributed by atoms with E-state index in [1.165, 1.54) is 11.7 Å². The Morgan fingerprint density at radius 2 is 2.06 bits per heavy atom. The Labute approximate surface area is 188 Å². The lowest BCUT2D eigenvalue weighted by Crippen LogP contribution is -2.33. The maximum atomic E-state index is 13.7. The second kappa shape index (κ2) is 8.47. The maximum absolute atomic E-state index is 13.7. The zero-order valence-corrected chi connectivity index (χ0v) is 18.2. The van der Waals surface area contributed by atoms with Crippen molar-refractivity contribution in [3.8, 4) is 17.3 Å². The molecule has 0 bridgehead atoms. The molecule has 5 rings (SSSR count).